The van der Waals surface area contributed by atoms with E-state index in [4.69, 9.17) is 4.74 Å². The van der Waals surface area contributed by atoms with Gasteiger partial charge in [0, 0.05) is 11.4 Å². The summed E-state index contributed by atoms with van der Waals surface area (Å²) in [4.78, 5) is 26.7. The summed E-state index contributed by atoms with van der Waals surface area (Å²) in [5.41, 5.74) is 2.03. The van der Waals surface area contributed by atoms with E-state index in [1.54, 1.807) is 30.5 Å². The molecule has 5 rings (SSSR count). The molecule has 2 heterocycles. The lowest BCUT2D eigenvalue weighted by atomic mass is 9.91. The molecule has 3 aromatic rings. The summed E-state index contributed by atoms with van der Waals surface area (Å²) >= 11 is 0. The number of amides is 2. The highest BCUT2D eigenvalue weighted by Gasteiger charge is 2.41. The number of hydrogen-bond acceptors (Lipinski definition) is 4. The summed E-state index contributed by atoms with van der Waals surface area (Å²) in [6.45, 7) is 0. The van der Waals surface area contributed by atoms with Crippen LogP contribution in [0.4, 0.5) is 0 Å². The number of H-pyrrole nitrogens is 1. The molecule has 1 N–H and O–H groups in total. The number of hydrogen-bond donors (Lipinski definition) is 1. The van der Waals surface area contributed by atoms with E-state index in [1.165, 1.54) is 4.90 Å². The number of fused-ring (bicyclic) bond motifs is 2. The van der Waals surface area contributed by atoms with E-state index in [9.17, 15) is 9.59 Å². The number of carbonyl (C=O) groups is 2. The lowest BCUT2D eigenvalue weighted by molar-refractivity contribution is 0.0478. The van der Waals surface area contributed by atoms with Gasteiger partial charge in [-0.3, -0.25) is 19.6 Å². The minimum atomic E-state index is -0.162. The lowest BCUT2D eigenvalue weighted by Gasteiger charge is -2.33. The van der Waals surface area contributed by atoms with E-state index < -0.39 is 0 Å². The van der Waals surface area contributed by atoms with E-state index in [0.717, 1.165) is 42.3 Å². The van der Waals surface area contributed by atoms with Gasteiger partial charge in [0.25, 0.3) is 11.8 Å². The van der Waals surface area contributed by atoms with Crippen LogP contribution in [0.5, 0.6) is 5.75 Å². The number of benzene rings is 2. The SMILES string of the molecule is O=C1c2ccccc2C(=O)N1[C@H]1CC[C@@H](Oc2ccc3[nH]ncc3c2)CC1. The van der Waals surface area contributed by atoms with Crippen molar-refractivity contribution in [1.82, 2.24) is 15.1 Å². The molecule has 0 atom stereocenters. The Balaban J connectivity index is 1.25. The molecule has 6 nitrogen and oxygen atoms in total. The fourth-order valence-electron chi connectivity index (χ4n) is 4.15. The Hall–Kier alpha value is -3.15. The molecule has 1 saturated carbocycles. The van der Waals surface area contributed by atoms with Gasteiger partial charge in [0.15, 0.2) is 0 Å². The number of rotatable bonds is 3. The van der Waals surface area contributed by atoms with Gasteiger partial charge >= 0.3 is 0 Å². The number of carbonyl (C=O) groups excluding carboxylic acids is 2. The Labute approximate surface area is 156 Å². The van der Waals surface area contributed by atoms with Crippen LogP contribution in [0.15, 0.2) is 48.7 Å². The van der Waals surface area contributed by atoms with Crippen molar-refractivity contribution in [1.29, 1.82) is 0 Å². The van der Waals surface area contributed by atoms with Gasteiger partial charge in [0.2, 0.25) is 0 Å². The first kappa shape index (κ1) is 16.1. The van der Waals surface area contributed by atoms with E-state index in [1.807, 2.05) is 18.2 Å². The number of aromatic nitrogens is 2. The number of nitrogens with one attached hydrogen (secondary N) is 1. The van der Waals surface area contributed by atoms with E-state index in [2.05, 4.69) is 10.2 Å². The van der Waals surface area contributed by atoms with Gasteiger partial charge in [-0.15, -0.1) is 0 Å². The monoisotopic (exact) mass is 361 g/mol. The van der Waals surface area contributed by atoms with Gasteiger partial charge in [-0.2, -0.15) is 5.10 Å². The second-order valence-electron chi connectivity index (χ2n) is 7.19. The van der Waals surface area contributed by atoms with Gasteiger partial charge in [0.1, 0.15) is 5.75 Å². The zero-order valence-electron chi connectivity index (χ0n) is 14.7. The zero-order chi connectivity index (χ0) is 18.4. The Morgan fingerprint density at radius 3 is 2.37 bits per heavy atom. The van der Waals surface area contributed by atoms with Crippen LogP contribution in [0.2, 0.25) is 0 Å². The first-order valence-corrected chi connectivity index (χ1v) is 9.27. The van der Waals surface area contributed by atoms with Gasteiger partial charge in [-0.1, -0.05) is 12.1 Å². The van der Waals surface area contributed by atoms with E-state index in [-0.39, 0.29) is 24.0 Å². The molecule has 2 aliphatic rings. The molecule has 0 radical (unpaired) electrons. The van der Waals surface area contributed by atoms with Crippen molar-refractivity contribution >= 4 is 22.7 Å². The largest absolute Gasteiger partial charge is 0.490 e. The van der Waals surface area contributed by atoms with Crippen molar-refractivity contribution < 1.29 is 14.3 Å². The Kier molecular flexibility index (Phi) is 3.70. The molecule has 1 aliphatic carbocycles. The van der Waals surface area contributed by atoms with Gasteiger partial charge in [-0.25, -0.2) is 0 Å². The second kappa shape index (κ2) is 6.23. The maximum Gasteiger partial charge on any atom is 0.261 e. The highest BCUT2D eigenvalue weighted by atomic mass is 16.5. The second-order valence-corrected chi connectivity index (χ2v) is 7.19. The maximum absolute atomic E-state index is 12.6. The van der Waals surface area contributed by atoms with Crippen molar-refractivity contribution in [2.45, 2.75) is 37.8 Å². The summed E-state index contributed by atoms with van der Waals surface area (Å²) < 4.78 is 6.13. The first-order chi connectivity index (χ1) is 13.2. The third-order valence-electron chi connectivity index (χ3n) is 5.55. The highest BCUT2D eigenvalue weighted by molar-refractivity contribution is 6.21. The molecule has 2 amide bonds. The molecule has 2 aromatic carbocycles. The molecule has 1 aromatic heterocycles. The average molecular weight is 361 g/mol. The molecule has 1 aliphatic heterocycles. The van der Waals surface area contributed by atoms with Crippen molar-refractivity contribution in [2.24, 2.45) is 0 Å². The molecular weight excluding hydrogens is 342 g/mol. The molecule has 27 heavy (non-hydrogen) atoms. The molecule has 0 saturated heterocycles. The normalized spacial score (nSPS) is 22.3. The fraction of sp³-hybridized carbons (Fsp3) is 0.286. The predicted octanol–water partition coefficient (Wildman–Crippen LogP) is 3.55. The standard InChI is InChI=1S/C21H19N3O3/c25-20-17-3-1-2-4-18(17)21(26)24(20)14-5-7-15(8-6-14)27-16-9-10-19-13(11-16)12-22-23-19/h1-4,9-12,14-15H,5-8H2,(H,22,23)/t14-,15+. The van der Waals surface area contributed by atoms with Crippen LogP contribution < -0.4 is 4.74 Å². The van der Waals surface area contributed by atoms with Crippen LogP contribution in [0.25, 0.3) is 10.9 Å². The summed E-state index contributed by atoms with van der Waals surface area (Å²) in [5, 5.41) is 7.97. The summed E-state index contributed by atoms with van der Waals surface area (Å²) in [5.74, 6) is 0.504. The zero-order valence-corrected chi connectivity index (χ0v) is 14.7. The fourth-order valence-corrected chi connectivity index (χ4v) is 4.15. The lowest BCUT2D eigenvalue weighted by Crippen LogP contribution is -2.43. The Morgan fingerprint density at radius 1 is 0.963 bits per heavy atom. The van der Waals surface area contributed by atoms with Gasteiger partial charge < -0.3 is 4.74 Å². The summed E-state index contributed by atoms with van der Waals surface area (Å²) in [7, 11) is 0. The highest BCUT2D eigenvalue weighted by Crippen LogP contribution is 2.32. The smallest absolute Gasteiger partial charge is 0.261 e. The summed E-state index contributed by atoms with van der Waals surface area (Å²) in [6.07, 6.45) is 5.05. The van der Waals surface area contributed by atoms with Gasteiger partial charge in [0.05, 0.1) is 28.9 Å². The van der Waals surface area contributed by atoms with Crippen LogP contribution in [0, 0.1) is 0 Å². The van der Waals surface area contributed by atoms with Crippen LogP contribution in [0.1, 0.15) is 46.4 Å². The molecule has 0 bridgehead atoms. The molecule has 0 unspecified atom stereocenters. The molecule has 0 spiro atoms. The van der Waals surface area contributed by atoms with Gasteiger partial charge in [-0.05, 0) is 56.0 Å². The molecule has 1 fully saturated rings. The summed E-state index contributed by atoms with van der Waals surface area (Å²) in [6, 6.07) is 12.9. The van der Waals surface area contributed by atoms with Crippen molar-refractivity contribution in [3.63, 3.8) is 0 Å². The van der Waals surface area contributed by atoms with Crippen LogP contribution in [-0.2, 0) is 0 Å². The third kappa shape index (κ3) is 2.68. The van der Waals surface area contributed by atoms with Crippen molar-refractivity contribution in [3.8, 4) is 5.75 Å². The van der Waals surface area contributed by atoms with E-state index in [0.29, 0.717) is 11.1 Å². The quantitative estimate of drug-likeness (QED) is 0.724. The van der Waals surface area contributed by atoms with Crippen molar-refractivity contribution in [3.05, 3.63) is 59.8 Å². The van der Waals surface area contributed by atoms with Crippen LogP contribution >= 0.6 is 0 Å². The molecule has 136 valence electrons. The van der Waals surface area contributed by atoms with Crippen molar-refractivity contribution in [2.75, 3.05) is 0 Å². The third-order valence-corrected chi connectivity index (χ3v) is 5.55. The number of imide groups is 1. The van der Waals surface area contributed by atoms with Crippen LogP contribution in [-0.4, -0.2) is 39.1 Å². The number of nitrogens with zero attached hydrogens (tertiary/aromatic N) is 2. The maximum atomic E-state index is 12.6. The molecule has 6 heteroatoms. The number of ether oxygens (including phenoxy) is 1. The number of aromatic amines is 1. The predicted molar refractivity (Wildman–Crippen MR) is 99.7 cm³/mol. The first-order valence-electron chi connectivity index (χ1n) is 9.27. The van der Waals surface area contributed by atoms with E-state index >= 15 is 0 Å². The molecular formula is C21H19N3O3. The Bertz CT molecular complexity index is 999. The minimum Gasteiger partial charge on any atom is -0.490 e. The minimum absolute atomic E-state index is 0.0476. The Morgan fingerprint density at radius 2 is 1.67 bits per heavy atom. The topological polar surface area (TPSA) is 75.3 Å². The van der Waals surface area contributed by atoms with Crippen LogP contribution in [0.3, 0.4) is 0 Å². The average Bonchev–Trinajstić information content (AvgIpc) is 3.26.